The van der Waals surface area contributed by atoms with Crippen LogP contribution in [0.3, 0.4) is 0 Å². The van der Waals surface area contributed by atoms with Crippen LogP contribution in [0.15, 0.2) is 30.5 Å². The van der Waals surface area contributed by atoms with Crippen LogP contribution >= 0.6 is 0 Å². The molecule has 78 valence electrons. The molecule has 0 radical (unpaired) electrons. The van der Waals surface area contributed by atoms with E-state index < -0.39 is 0 Å². The van der Waals surface area contributed by atoms with Crippen molar-refractivity contribution >= 4 is 10.9 Å². The summed E-state index contributed by atoms with van der Waals surface area (Å²) >= 11 is 0. The molecule has 0 saturated carbocycles. The molecule has 1 heterocycles. The molecule has 0 aliphatic rings. The van der Waals surface area contributed by atoms with Crippen molar-refractivity contribution in [1.29, 1.82) is 0 Å². The fraction of sp³-hybridized carbons (Fsp3) is 0.308. The van der Waals surface area contributed by atoms with E-state index in [-0.39, 0.29) is 11.2 Å². The molecule has 0 aliphatic carbocycles. The van der Waals surface area contributed by atoms with Crippen molar-refractivity contribution in [2.24, 2.45) is 0 Å². The lowest BCUT2D eigenvalue weighted by molar-refractivity contribution is 0.476. The Morgan fingerprint density at radius 1 is 1.13 bits per heavy atom. The average molecular weight is 201 g/mol. The Morgan fingerprint density at radius 3 is 2.53 bits per heavy atom. The maximum absolute atomic E-state index is 9.32. The number of phenols is 1. The number of benzene rings is 1. The third kappa shape index (κ3) is 1.94. The number of aromatic hydroxyl groups is 1. The molecule has 15 heavy (non-hydrogen) atoms. The number of aromatic nitrogens is 1. The molecule has 0 spiro atoms. The number of nitrogens with zero attached hydrogens (tertiary/aromatic N) is 1. The highest BCUT2D eigenvalue weighted by molar-refractivity contribution is 5.80. The summed E-state index contributed by atoms with van der Waals surface area (Å²) in [5.41, 5.74) is 2.16. The third-order valence-electron chi connectivity index (χ3n) is 2.53. The highest BCUT2D eigenvalue weighted by Gasteiger charge is 2.14. The minimum absolute atomic E-state index is 0.110. The lowest BCUT2D eigenvalue weighted by Crippen LogP contribution is -2.11. The van der Waals surface area contributed by atoms with Crippen molar-refractivity contribution in [3.05, 3.63) is 36.0 Å². The minimum atomic E-state index is 0.110. The Balaban J connectivity index is 2.62. The number of rotatable bonds is 0. The average Bonchev–Trinajstić information content (AvgIpc) is 2.15. The summed E-state index contributed by atoms with van der Waals surface area (Å²) in [6, 6.07) is 7.40. The zero-order valence-electron chi connectivity index (χ0n) is 9.28. The predicted molar refractivity (Wildman–Crippen MR) is 62.1 cm³/mol. The second kappa shape index (κ2) is 3.23. The molecule has 1 aromatic carbocycles. The Morgan fingerprint density at radius 2 is 1.87 bits per heavy atom. The zero-order valence-corrected chi connectivity index (χ0v) is 9.28. The van der Waals surface area contributed by atoms with Gasteiger partial charge in [0.05, 0.1) is 5.52 Å². The van der Waals surface area contributed by atoms with Crippen LogP contribution in [0.1, 0.15) is 26.3 Å². The lowest BCUT2D eigenvalue weighted by atomic mass is 9.87. The largest absolute Gasteiger partial charge is 0.508 e. The Bertz CT molecular complexity index is 497. The van der Waals surface area contributed by atoms with Crippen LogP contribution in [0.5, 0.6) is 5.75 Å². The molecule has 0 atom stereocenters. The van der Waals surface area contributed by atoms with Crippen molar-refractivity contribution in [3.63, 3.8) is 0 Å². The first-order valence-corrected chi connectivity index (χ1v) is 5.06. The van der Waals surface area contributed by atoms with E-state index in [1.54, 1.807) is 12.1 Å². The van der Waals surface area contributed by atoms with Crippen molar-refractivity contribution in [1.82, 2.24) is 4.98 Å². The molecule has 1 N–H and O–H groups in total. The van der Waals surface area contributed by atoms with Gasteiger partial charge in [-0.05, 0) is 29.2 Å². The minimum Gasteiger partial charge on any atom is -0.508 e. The van der Waals surface area contributed by atoms with Crippen molar-refractivity contribution in [3.8, 4) is 5.75 Å². The van der Waals surface area contributed by atoms with Gasteiger partial charge in [0.1, 0.15) is 5.75 Å². The lowest BCUT2D eigenvalue weighted by Gasteiger charge is -2.18. The van der Waals surface area contributed by atoms with E-state index in [4.69, 9.17) is 0 Å². The molecule has 0 saturated heterocycles. The molecule has 0 amide bonds. The van der Waals surface area contributed by atoms with Gasteiger partial charge in [0.25, 0.3) is 0 Å². The highest BCUT2D eigenvalue weighted by Crippen LogP contribution is 2.25. The summed E-state index contributed by atoms with van der Waals surface area (Å²) in [4.78, 5) is 4.35. The summed E-state index contributed by atoms with van der Waals surface area (Å²) < 4.78 is 0. The van der Waals surface area contributed by atoms with E-state index in [1.165, 1.54) is 5.56 Å². The normalized spacial score (nSPS) is 11.9. The molecule has 0 fully saturated rings. The molecular weight excluding hydrogens is 186 g/mol. The second-order valence-electron chi connectivity index (χ2n) is 4.85. The number of hydrogen-bond donors (Lipinski definition) is 1. The molecule has 2 aromatic rings. The number of phenolic OH excluding ortho intramolecular Hbond substituents is 1. The fourth-order valence-corrected chi connectivity index (χ4v) is 1.52. The van der Waals surface area contributed by atoms with E-state index in [0.717, 1.165) is 10.9 Å². The van der Waals surface area contributed by atoms with E-state index in [0.29, 0.717) is 0 Å². The summed E-state index contributed by atoms with van der Waals surface area (Å²) in [7, 11) is 0. The molecule has 1 aromatic heterocycles. The van der Waals surface area contributed by atoms with E-state index in [9.17, 15) is 5.11 Å². The predicted octanol–water partition coefficient (Wildman–Crippen LogP) is 3.24. The van der Waals surface area contributed by atoms with Gasteiger partial charge in [-0.25, -0.2) is 0 Å². The standard InChI is InChI=1S/C13H15NO/c1-13(2,3)10-6-9-4-5-11(15)7-12(9)14-8-10/h4-8,15H,1-3H3. The quantitative estimate of drug-likeness (QED) is 0.709. The number of pyridine rings is 1. The fourth-order valence-electron chi connectivity index (χ4n) is 1.52. The van der Waals surface area contributed by atoms with E-state index >= 15 is 0 Å². The molecular formula is C13H15NO. The molecule has 0 aliphatic heterocycles. The van der Waals surface area contributed by atoms with Gasteiger partial charge in [-0.15, -0.1) is 0 Å². The Kier molecular flexibility index (Phi) is 2.14. The van der Waals surface area contributed by atoms with Crippen LogP contribution in [0, 0.1) is 0 Å². The van der Waals surface area contributed by atoms with Gasteiger partial charge in [-0.2, -0.15) is 0 Å². The first-order chi connectivity index (χ1) is 6.97. The topological polar surface area (TPSA) is 33.1 Å². The van der Waals surface area contributed by atoms with Crippen LogP contribution in [0.25, 0.3) is 10.9 Å². The maximum Gasteiger partial charge on any atom is 0.117 e. The van der Waals surface area contributed by atoms with Gasteiger partial charge in [0, 0.05) is 17.6 Å². The summed E-state index contributed by atoms with van der Waals surface area (Å²) in [5.74, 6) is 0.263. The highest BCUT2D eigenvalue weighted by atomic mass is 16.3. The molecule has 2 rings (SSSR count). The van der Waals surface area contributed by atoms with Crippen LogP contribution in [0.2, 0.25) is 0 Å². The van der Waals surface area contributed by atoms with E-state index in [2.05, 4.69) is 31.8 Å². The molecule has 2 heteroatoms. The molecule has 0 unspecified atom stereocenters. The summed E-state index contributed by atoms with van der Waals surface area (Å²) in [5, 5.41) is 10.4. The van der Waals surface area contributed by atoms with Gasteiger partial charge >= 0.3 is 0 Å². The number of fused-ring (bicyclic) bond motifs is 1. The second-order valence-corrected chi connectivity index (χ2v) is 4.85. The zero-order chi connectivity index (χ0) is 11.1. The van der Waals surface area contributed by atoms with Gasteiger partial charge < -0.3 is 5.11 Å². The molecule has 0 bridgehead atoms. The molecule has 2 nitrogen and oxygen atoms in total. The van der Waals surface area contributed by atoms with Crippen molar-refractivity contribution < 1.29 is 5.11 Å². The first kappa shape index (κ1) is 9.97. The maximum atomic E-state index is 9.32. The van der Waals surface area contributed by atoms with Crippen LogP contribution in [-0.2, 0) is 5.41 Å². The van der Waals surface area contributed by atoms with Gasteiger partial charge in [-0.1, -0.05) is 20.8 Å². The SMILES string of the molecule is CC(C)(C)c1cnc2cc(O)ccc2c1. The number of hydrogen-bond acceptors (Lipinski definition) is 2. The smallest absolute Gasteiger partial charge is 0.117 e. The summed E-state index contributed by atoms with van der Waals surface area (Å²) in [6.45, 7) is 6.49. The monoisotopic (exact) mass is 201 g/mol. The van der Waals surface area contributed by atoms with E-state index in [1.807, 2.05) is 12.3 Å². The third-order valence-corrected chi connectivity index (χ3v) is 2.53. The van der Waals surface area contributed by atoms with Gasteiger partial charge in [0.2, 0.25) is 0 Å². The van der Waals surface area contributed by atoms with Gasteiger partial charge in [-0.3, -0.25) is 4.98 Å². The van der Waals surface area contributed by atoms with Gasteiger partial charge in [0.15, 0.2) is 0 Å². The van der Waals surface area contributed by atoms with Crippen LogP contribution in [-0.4, -0.2) is 10.1 Å². The van der Waals surface area contributed by atoms with Crippen molar-refractivity contribution in [2.75, 3.05) is 0 Å². The Labute approximate surface area is 89.6 Å². The van der Waals surface area contributed by atoms with Crippen molar-refractivity contribution in [2.45, 2.75) is 26.2 Å². The Hall–Kier alpha value is -1.57. The van der Waals surface area contributed by atoms with Crippen LogP contribution < -0.4 is 0 Å². The van der Waals surface area contributed by atoms with Crippen LogP contribution in [0.4, 0.5) is 0 Å². The summed E-state index contributed by atoms with van der Waals surface area (Å²) in [6.07, 6.45) is 1.88. The first-order valence-electron chi connectivity index (χ1n) is 5.06.